The minimum Gasteiger partial charge on any atom is -0.450 e. The zero-order valence-corrected chi connectivity index (χ0v) is 14.5. The normalized spacial score (nSPS) is 30.5. The van der Waals surface area contributed by atoms with Crippen LogP contribution in [0.2, 0.25) is 0 Å². The number of fused-ring (bicyclic) bond motifs is 1. The molecule has 22 heavy (non-hydrogen) atoms. The molecule has 126 valence electrons. The summed E-state index contributed by atoms with van der Waals surface area (Å²) in [5.41, 5.74) is 6.09. The van der Waals surface area contributed by atoms with E-state index in [0.29, 0.717) is 18.4 Å². The van der Waals surface area contributed by atoms with E-state index in [4.69, 9.17) is 10.5 Å². The highest BCUT2D eigenvalue weighted by Gasteiger charge is 2.67. The number of amides is 2. The molecule has 1 aliphatic heterocycles. The first-order chi connectivity index (χ1) is 10.0. The molecule has 0 spiro atoms. The van der Waals surface area contributed by atoms with Crippen LogP contribution >= 0.6 is 0 Å². The molecule has 1 unspecified atom stereocenters. The average molecular weight is 311 g/mol. The number of nitrogens with two attached hydrogens (primary N) is 1. The molecular weight excluding hydrogens is 282 g/mol. The van der Waals surface area contributed by atoms with E-state index in [1.807, 2.05) is 20.8 Å². The number of ether oxygens (including phenoxy) is 1. The van der Waals surface area contributed by atoms with E-state index in [9.17, 15) is 9.59 Å². The van der Waals surface area contributed by atoms with Gasteiger partial charge >= 0.3 is 6.09 Å². The zero-order chi connectivity index (χ0) is 16.9. The van der Waals surface area contributed by atoms with Gasteiger partial charge in [0.2, 0.25) is 5.91 Å². The summed E-state index contributed by atoms with van der Waals surface area (Å²) in [6.07, 6.45) is -0.824. The number of carbonyl (C=O) groups excluding carboxylic acids is 2. The van der Waals surface area contributed by atoms with E-state index in [2.05, 4.69) is 19.2 Å². The summed E-state index contributed by atoms with van der Waals surface area (Å²) in [6, 6.07) is -0.641. The summed E-state index contributed by atoms with van der Waals surface area (Å²) < 4.78 is 4.92. The van der Waals surface area contributed by atoms with E-state index in [-0.39, 0.29) is 24.1 Å². The minimum atomic E-state index is -0.641. The second-order valence-electron chi connectivity index (χ2n) is 8.10. The number of nitrogens with zero attached hydrogens (tertiary/aromatic N) is 1. The van der Waals surface area contributed by atoms with Crippen LogP contribution in [-0.2, 0) is 9.53 Å². The highest BCUT2D eigenvalue weighted by atomic mass is 16.5. The Labute approximate surface area is 132 Å². The van der Waals surface area contributed by atoms with Crippen LogP contribution < -0.4 is 11.1 Å². The fraction of sp³-hybridized carbons (Fsp3) is 0.875. The van der Waals surface area contributed by atoms with Gasteiger partial charge in [-0.05, 0) is 23.7 Å². The number of likely N-dealkylation sites (tertiary alicyclic amines) is 1. The Kier molecular flexibility index (Phi) is 4.19. The van der Waals surface area contributed by atoms with Gasteiger partial charge in [0.05, 0.1) is 12.8 Å². The summed E-state index contributed by atoms with van der Waals surface area (Å²) in [5, 5.41) is 2.70. The molecule has 2 fully saturated rings. The smallest absolute Gasteiger partial charge is 0.407 e. The third-order valence-corrected chi connectivity index (χ3v) is 5.19. The number of carbonyl (C=O) groups is 2. The Balaban J connectivity index is 2.09. The monoisotopic (exact) mass is 311 g/mol. The maximum absolute atomic E-state index is 12.9. The van der Waals surface area contributed by atoms with Crippen molar-refractivity contribution in [1.29, 1.82) is 0 Å². The van der Waals surface area contributed by atoms with Crippen LogP contribution in [-0.4, -0.2) is 42.3 Å². The van der Waals surface area contributed by atoms with Gasteiger partial charge in [-0.15, -0.1) is 0 Å². The molecule has 6 heteroatoms. The van der Waals surface area contributed by atoms with Crippen molar-refractivity contribution >= 4 is 12.0 Å². The summed E-state index contributed by atoms with van der Waals surface area (Å²) in [5.74, 6) is 0.713. The molecule has 0 bridgehead atoms. The van der Waals surface area contributed by atoms with Gasteiger partial charge in [0, 0.05) is 12.5 Å². The topological polar surface area (TPSA) is 84.7 Å². The van der Waals surface area contributed by atoms with Crippen LogP contribution in [0.3, 0.4) is 0 Å². The van der Waals surface area contributed by atoms with Crippen LogP contribution in [0.5, 0.6) is 0 Å². The predicted molar refractivity (Wildman–Crippen MR) is 83.9 cm³/mol. The third kappa shape index (κ3) is 2.81. The van der Waals surface area contributed by atoms with Crippen LogP contribution in [0.25, 0.3) is 0 Å². The highest BCUT2D eigenvalue weighted by molar-refractivity contribution is 5.87. The van der Waals surface area contributed by atoms with Crippen molar-refractivity contribution in [3.8, 4) is 0 Å². The minimum absolute atomic E-state index is 0.115. The van der Waals surface area contributed by atoms with Gasteiger partial charge < -0.3 is 20.7 Å². The van der Waals surface area contributed by atoms with Crippen LogP contribution in [0, 0.1) is 22.7 Å². The number of hydrogen-bond donors (Lipinski definition) is 2. The Morgan fingerprint density at radius 1 is 1.41 bits per heavy atom. The molecule has 1 saturated heterocycles. The van der Waals surface area contributed by atoms with Crippen molar-refractivity contribution in [2.24, 2.45) is 28.4 Å². The van der Waals surface area contributed by atoms with Crippen molar-refractivity contribution in [3.63, 3.8) is 0 Å². The average Bonchev–Trinajstić information content (AvgIpc) is 2.73. The first-order valence-electron chi connectivity index (χ1n) is 8.01. The van der Waals surface area contributed by atoms with Crippen molar-refractivity contribution in [1.82, 2.24) is 10.2 Å². The van der Waals surface area contributed by atoms with Gasteiger partial charge in [0.15, 0.2) is 0 Å². The molecule has 1 saturated carbocycles. The van der Waals surface area contributed by atoms with Crippen LogP contribution in [0.1, 0.15) is 41.5 Å². The molecule has 6 nitrogen and oxygen atoms in total. The Bertz CT molecular complexity index is 470. The summed E-state index contributed by atoms with van der Waals surface area (Å²) in [4.78, 5) is 26.4. The molecule has 0 aromatic carbocycles. The fourth-order valence-electron chi connectivity index (χ4n) is 3.68. The SMILES string of the molecule is CCOC(=O)N[C@H](C(=O)N1C[C@H]2C([C@H]1N)C2(C)C)C(C)(C)C. The van der Waals surface area contributed by atoms with Gasteiger partial charge in [-0.3, -0.25) is 4.79 Å². The molecule has 0 radical (unpaired) electrons. The molecular formula is C16H29N3O3. The summed E-state index contributed by atoms with van der Waals surface area (Å²) >= 11 is 0. The quantitative estimate of drug-likeness (QED) is 0.828. The maximum Gasteiger partial charge on any atom is 0.407 e. The Morgan fingerprint density at radius 3 is 2.41 bits per heavy atom. The van der Waals surface area contributed by atoms with Gasteiger partial charge in [-0.25, -0.2) is 4.79 Å². The van der Waals surface area contributed by atoms with E-state index in [1.165, 1.54) is 0 Å². The maximum atomic E-state index is 12.9. The Morgan fingerprint density at radius 2 is 2.00 bits per heavy atom. The number of alkyl carbamates (subject to hydrolysis) is 1. The lowest BCUT2D eigenvalue weighted by Crippen LogP contribution is -2.58. The predicted octanol–water partition coefficient (Wildman–Crippen LogP) is 1.55. The number of piperidine rings is 1. The van der Waals surface area contributed by atoms with E-state index in [1.54, 1.807) is 11.8 Å². The number of nitrogens with one attached hydrogen (secondary N) is 1. The van der Waals surface area contributed by atoms with E-state index in [0.717, 1.165) is 0 Å². The van der Waals surface area contributed by atoms with Gasteiger partial charge in [-0.1, -0.05) is 34.6 Å². The molecule has 3 N–H and O–H groups in total. The second kappa shape index (κ2) is 5.41. The van der Waals surface area contributed by atoms with Crippen LogP contribution in [0.4, 0.5) is 4.79 Å². The Hall–Kier alpha value is -1.30. The standard InChI is InChI=1S/C16H29N3O3/c1-7-22-14(21)18-11(15(2,3)4)13(20)19-8-9-10(12(19)17)16(9,5)6/h9-12H,7-8,17H2,1-6H3,(H,18,21)/t9-,10?,11+,12-/m0/s1. The molecule has 1 aliphatic carbocycles. The van der Waals surface area contributed by atoms with E-state index >= 15 is 0 Å². The molecule has 2 rings (SSSR count). The molecule has 2 aliphatic rings. The summed E-state index contributed by atoms with van der Waals surface area (Å²) in [6.45, 7) is 12.9. The number of rotatable bonds is 3. The van der Waals surface area contributed by atoms with Crippen molar-refractivity contribution in [3.05, 3.63) is 0 Å². The largest absolute Gasteiger partial charge is 0.450 e. The lowest BCUT2D eigenvalue weighted by molar-refractivity contribution is -0.138. The van der Waals surface area contributed by atoms with Gasteiger partial charge in [0.25, 0.3) is 0 Å². The lowest BCUT2D eigenvalue weighted by Gasteiger charge is -2.36. The highest BCUT2D eigenvalue weighted by Crippen LogP contribution is 2.63. The number of hydrogen-bond acceptors (Lipinski definition) is 4. The second-order valence-corrected chi connectivity index (χ2v) is 8.10. The molecule has 0 aromatic rings. The first-order valence-corrected chi connectivity index (χ1v) is 8.01. The van der Waals surface area contributed by atoms with Crippen molar-refractivity contribution in [2.75, 3.05) is 13.2 Å². The van der Waals surface area contributed by atoms with Crippen molar-refractivity contribution < 1.29 is 14.3 Å². The molecule has 1 heterocycles. The van der Waals surface area contributed by atoms with Crippen molar-refractivity contribution in [2.45, 2.75) is 53.8 Å². The van der Waals surface area contributed by atoms with E-state index < -0.39 is 17.6 Å². The fourth-order valence-corrected chi connectivity index (χ4v) is 3.68. The molecule has 2 amide bonds. The summed E-state index contributed by atoms with van der Waals surface area (Å²) in [7, 11) is 0. The van der Waals surface area contributed by atoms with Crippen LogP contribution in [0.15, 0.2) is 0 Å². The molecule has 0 aromatic heterocycles. The molecule has 4 atom stereocenters. The van der Waals surface area contributed by atoms with Gasteiger partial charge in [0.1, 0.15) is 6.04 Å². The third-order valence-electron chi connectivity index (χ3n) is 5.19. The first kappa shape index (κ1) is 17.1. The van der Waals surface area contributed by atoms with Gasteiger partial charge in [-0.2, -0.15) is 0 Å². The lowest BCUT2D eigenvalue weighted by atomic mass is 9.85. The zero-order valence-electron chi connectivity index (χ0n) is 14.5.